The summed E-state index contributed by atoms with van der Waals surface area (Å²) >= 11 is 0. The molecule has 0 fully saturated rings. The second-order valence-electron chi connectivity index (χ2n) is 6.47. The Labute approximate surface area is 162 Å². The molecule has 3 N–H and O–H groups in total. The number of methoxy groups -OCH3 is 1. The highest BCUT2D eigenvalue weighted by Gasteiger charge is 2.10. The van der Waals surface area contributed by atoms with E-state index in [4.69, 9.17) is 4.74 Å². The monoisotopic (exact) mass is 369 g/mol. The van der Waals surface area contributed by atoms with Crippen molar-refractivity contribution in [2.75, 3.05) is 20.2 Å². The topological polar surface area (TPSA) is 65.9 Å². The molecular weight excluding hydrogens is 338 g/mol. The summed E-state index contributed by atoms with van der Waals surface area (Å²) in [5.74, 6) is 1.46. The average Bonchev–Trinajstić information content (AvgIpc) is 2.72. The number of guanidine groups is 1. The summed E-state index contributed by atoms with van der Waals surface area (Å²) in [6.45, 7) is 7.32. The van der Waals surface area contributed by atoms with Crippen molar-refractivity contribution in [3.05, 3.63) is 65.2 Å². The third-order valence-electron chi connectivity index (χ3n) is 4.51. The summed E-state index contributed by atoms with van der Waals surface area (Å²) in [7, 11) is 1.63. The number of nitrogens with one attached hydrogen (secondary N) is 2. The van der Waals surface area contributed by atoms with Gasteiger partial charge in [0.25, 0.3) is 0 Å². The Morgan fingerprint density at radius 3 is 2.22 bits per heavy atom. The second kappa shape index (κ2) is 10.6. The predicted molar refractivity (Wildman–Crippen MR) is 111 cm³/mol. The zero-order chi connectivity index (χ0) is 19.6. The molecule has 2 aromatic rings. The summed E-state index contributed by atoms with van der Waals surface area (Å²) in [5, 5.41) is 17.0. The van der Waals surface area contributed by atoms with Crippen molar-refractivity contribution in [3.63, 3.8) is 0 Å². The lowest BCUT2D eigenvalue weighted by Gasteiger charge is -2.19. The normalized spacial score (nSPS) is 13.7. The van der Waals surface area contributed by atoms with Crippen LogP contribution in [0.3, 0.4) is 0 Å². The van der Waals surface area contributed by atoms with E-state index in [0.717, 1.165) is 24.3 Å². The van der Waals surface area contributed by atoms with E-state index in [1.54, 1.807) is 7.11 Å². The molecule has 0 aliphatic heterocycles. The lowest BCUT2D eigenvalue weighted by Crippen LogP contribution is -2.39. The van der Waals surface area contributed by atoms with Crippen LogP contribution in [0.15, 0.2) is 53.5 Å². The van der Waals surface area contributed by atoms with Gasteiger partial charge in [0.2, 0.25) is 0 Å². The van der Waals surface area contributed by atoms with E-state index in [0.29, 0.717) is 5.96 Å². The van der Waals surface area contributed by atoms with Gasteiger partial charge in [0.05, 0.1) is 25.8 Å². The molecule has 2 rings (SSSR count). The fraction of sp³-hybridized carbons (Fsp3) is 0.409. The van der Waals surface area contributed by atoms with Crippen LogP contribution in [0.4, 0.5) is 0 Å². The molecule has 0 aliphatic carbocycles. The van der Waals surface area contributed by atoms with Gasteiger partial charge in [-0.3, -0.25) is 4.99 Å². The van der Waals surface area contributed by atoms with Crippen molar-refractivity contribution in [2.24, 2.45) is 4.99 Å². The van der Waals surface area contributed by atoms with Crippen molar-refractivity contribution in [1.29, 1.82) is 0 Å². The van der Waals surface area contributed by atoms with Crippen LogP contribution in [0.25, 0.3) is 0 Å². The number of hydrogen-bond donors (Lipinski definition) is 3. The number of rotatable bonds is 8. The number of aliphatic imine (C=N–C) groups is 1. The highest BCUT2D eigenvalue weighted by molar-refractivity contribution is 5.80. The van der Waals surface area contributed by atoms with Crippen molar-refractivity contribution in [2.45, 2.75) is 39.3 Å². The minimum atomic E-state index is -0.662. The number of ether oxygens (including phenoxy) is 1. The van der Waals surface area contributed by atoms with Crippen molar-refractivity contribution < 1.29 is 9.84 Å². The van der Waals surface area contributed by atoms with E-state index < -0.39 is 6.10 Å². The van der Waals surface area contributed by atoms with E-state index in [1.165, 1.54) is 11.1 Å². The third kappa shape index (κ3) is 6.29. The van der Waals surface area contributed by atoms with Crippen molar-refractivity contribution >= 4 is 5.96 Å². The van der Waals surface area contributed by atoms with Gasteiger partial charge in [-0.2, -0.15) is 0 Å². The van der Waals surface area contributed by atoms with Crippen LogP contribution < -0.4 is 15.4 Å². The average molecular weight is 370 g/mol. The second-order valence-corrected chi connectivity index (χ2v) is 6.47. The molecule has 0 aliphatic rings. The van der Waals surface area contributed by atoms with Gasteiger partial charge in [-0.25, -0.2) is 0 Å². The van der Waals surface area contributed by atoms with Crippen LogP contribution >= 0.6 is 0 Å². The highest BCUT2D eigenvalue weighted by atomic mass is 16.5. The molecule has 0 radical (unpaired) electrons. The molecule has 0 spiro atoms. The third-order valence-corrected chi connectivity index (χ3v) is 4.51. The predicted octanol–water partition coefficient (Wildman–Crippen LogP) is 3.61. The number of aliphatic hydroxyl groups is 1. The number of aliphatic hydroxyl groups excluding tert-OH is 1. The van der Waals surface area contributed by atoms with Crippen LogP contribution in [0.1, 0.15) is 49.6 Å². The standard InChI is InChI=1S/C22H31N3O2/c1-5-17-7-9-18(10-8-17)16(3)25-22(23-6-2)24-15-21(26)19-11-13-20(27-4)14-12-19/h7-14,16,21,26H,5-6,15H2,1-4H3,(H2,23,24,25). The Morgan fingerprint density at radius 2 is 1.67 bits per heavy atom. The molecule has 5 nitrogen and oxygen atoms in total. The summed E-state index contributed by atoms with van der Waals surface area (Å²) in [6.07, 6.45) is 0.376. The fourth-order valence-electron chi connectivity index (χ4n) is 2.76. The molecule has 2 aromatic carbocycles. The van der Waals surface area contributed by atoms with E-state index in [1.807, 2.05) is 31.2 Å². The number of aryl methyl sites for hydroxylation is 1. The lowest BCUT2D eigenvalue weighted by molar-refractivity contribution is 0.187. The van der Waals surface area contributed by atoms with Crippen LogP contribution in [-0.4, -0.2) is 31.3 Å². The van der Waals surface area contributed by atoms with Gasteiger partial charge >= 0.3 is 0 Å². The smallest absolute Gasteiger partial charge is 0.191 e. The molecule has 0 heterocycles. The van der Waals surface area contributed by atoms with Gasteiger partial charge in [-0.05, 0) is 49.1 Å². The Hall–Kier alpha value is -2.53. The maximum atomic E-state index is 10.4. The Bertz CT molecular complexity index is 711. The molecule has 0 bridgehead atoms. The van der Waals surface area contributed by atoms with Gasteiger partial charge in [0.1, 0.15) is 5.75 Å². The maximum absolute atomic E-state index is 10.4. The van der Waals surface area contributed by atoms with Crippen molar-refractivity contribution in [3.8, 4) is 5.75 Å². The highest BCUT2D eigenvalue weighted by Crippen LogP contribution is 2.18. The minimum Gasteiger partial charge on any atom is -0.497 e. The van der Waals surface area contributed by atoms with Crippen LogP contribution in [0, 0.1) is 0 Å². The zero-order valence-electron chi connectivity index (χ0n) is 16.7. The lowest BCUT2D eigenvalue weighted by atomic mass is 10.1. The molecule has 27 heavy (non-hydrogen) atoms. The molecular formula is C22H31N3O2. The van der Waals surface area contributed by atoms with Gasteiger partial charge < -0.3 is 20.5 Å². The molecule has 5 heteroatoms. The Balaban J connectivity index is 2.01. The molecule has 2 atom stereocenters. The molecule has 2 unspecified atom stereocenters. The summed E-state index contributed by atoms with van der Waals surface area (Å²) < 4.78 is 5.15. The molecule has 0 saturated heterocycles. The first-order valence-electron chi connectivity index (χ1n) is 9.53. The molecule has 0 saturated carbocycles. The molecule has 0 amide bonds. The van der Waals surface area contributed by atoms with E-state index in [-0.39, 0.29) is 12.6 Å². The number of hydrogen-bond acceptors (Lipinski definition) is 3. The first-order valence-corrected chi connectivity index (χ1v) is 9.53. The maximum Gasteiger partial charge on any atom is 0.191 e. The van der Waals surface area contributed by atoms with Gasteiger partial charge in [0, 0.05) is 6.54 Å². The van der Waals surface area contributed by atoms with Crippen LogP contribution in [0.5, 0.6) is 5.75 Å². The molecule has 146 valence electrons. The molecule has 0 aromatic heterocycles. The van der Waals surface area contributed by atoms with Crippen molar-refractivity contribution in [1.82, 2.24) is 10.6 Å². The summed E-state index contributed by atoms with van der Waals surface area (Å²) in [4.78, 5) is 4.54. The quantitative estimate of drug-likeness (QED) is 0.491. The van der Waals surface area contributed by atoms with Crippen LogP contribution in [0.2, 0.25) is 0 Å². The first-order chi connectivity index (χ1) is 13.1. The van der Waals surface area contributed by atoms with E-state index >= 15 is 0 Å². The van der Waals surface area contributed by atoms with Gasteiger partial charge in [-0.1, -0.05) is 43.3 Å². The fourth-order valence-corrected chi connectivity index (χ4v) is 2.76. The van der Waals surface area contributed by atoms with Gasteiger partial charge in [-0.15, -0.1) is 0 Å². The van der Waals surface area contributed by atoms with E-state index in [2.05, 4.69) is 53.7 Å². The number of nitrogens with zero attached hydrogens (tertiary/aromatic N) is 1. The van der Waals surface area contributed by atoms with E-state index in [9.17, 15) is 5.11 Å². The van der Waals surface area contributed by atoms with Crippen LogP contribution in [-0.2, 0) is 6.42 Å². The Kier molecular flexibility index (Phi) is 8.14. The number of benzene rings is 2. The largest absolute Gasteiger partial charge is 0.497 e. The Morgan fingerprint density at radius 1 is 1.04 bits per heavy atom. The van der Waals surface area contributed by atoms with Gasteiger partial charge in [0.15, 0.2) is 5.96 Å². The minimum absolute atomic E-state index is 0.117. The SMILES string of the molecule is CCNC(=NCC(O)c1ccc(OC)cc1)NC(C)c1ccc(CC)cc1. The summed E-state index contributed by atoms with van der Waals surface area (Å²) in [6, 6.07) is 16.1. The first kappa shape index (κ1) is 20.8. The zero-order valence-corrected chi connectivity index (χ0v) is 16.7. The summed E-state index contributed by atoms with van der Waals surface area (Å²) in [5.41, 5.74) is 3.35.